The van der Waals surface area contributed by atoms with Crippen molar-refractivity contribution in [1.82, 2.24) is 0 Å². The third kappa shape index (κ3) is 2.34. The molecule has 0 unspecified atom stereocenters. The molecule has 3 heteroatoms. The molecule has 0 bridgehead atoms. The monoisotopic (exact) mass is 229 g/mol. The Labute approximate surface area is 94.4 Å². The van der Waals surface area contributed by atoms with E-state index in [-0.39, 0.29) is 0 Å². The van der Waals surface area contributed by atoms with Crippen molar-refractivity contribution in [1.29, 1.82) is 0 Å². The zero-order valence-corrected chi connectivity index (χ0v) is 9.62. The van der Waals surface area contributed by atoms with Crippen molar-refractivity contribution in [2.45, 2.75) is 19.8 Å². The predicted molar refractivity (Wildman–Crippen MR) is 62.4 cm³/mol. The zero-order chi connectivity index (χ0) is 10.1. The number of halogens is 2. The number of benzene rings is 1. The van der Waals surface area contributed by atoms with Gasteiger partial charge in [-0.1, -0.05) is 23.2 Å². The summed E-state index contributed by atoms with van der Waals surface area (Å²) in [4.78, 5) is 0. The number of rotatable bonds is 3. The Bertz CT molecular complexity index is 345. The van der Waals surface area contributed by atoms with E-state index in [0.29, 0.717) is 0 Å². The molecule has 14 heavy (non-hydrogen) atoms. The summed E-state index contributed by atoms with van der Waals surface area (Å²) in [6.45, 7) is 2.97. The number of hydrogen-bond donors (Lipinski definition) is 1. The SMILES string of the molecule is Cc1cc(Cl)c(NCC2CC2)cc1Cl. The molecule has 1 nitrogen and oxygen atoms in total. The Morgan fingerprint density at radius 3 is 2.64 bits per heavy atom. The fraction of sp³-hybridized carbons (Fsp3) is 0.455. The van der Waals surface area contributed by atoms with Gasteiger partial charge in [-0.2, -0.15) is 0 Å². The van der Waals surface area contributed by atoms with Crippen LogP contribution in [0.1, 0.15) is 18.4 Å². The first-order chi connectivity index (χ1) is 6.66. The molecule has 1 aromatic rings. The van der Waals surface area contributed by atoms with Gasteiger partial charge >= 0.3 is 0 Å². The summed E-state index contributed by atoms with van der Waals surface area (Å²) >= 11 is 12.1. The van der Waals surface area contributed by atoms with E-state index in [0.717, 1.165) is 33.8 Å². The highest BCUT2D eigenvalue weighted by Crippen LogP contribution is 2.32. The smallest absolute Gasteiger partial charge is 0.0641 e. The van der Waals surface area contributed by atoms with E-state index in [1.807, 2.05) is 19.1 Å². The van der Waals surface area contributed by atoms with Crippen LogP contribution < -0.4 is 5.32 Å². The number of hydrogen-bond acceptors (Lipinski definition) is 1. The van der Waals surface area contributed by atoms with Crippen molar-refractivity contribution < 1.29 is 0 Å². The Hall–Kier alpha value is -0.400. The summed E-state index contributed by atoms with van der Waals surface area (Å²) in [6.07, 6.45) is 2.68. The quantitative estimate of drug-likeness (QED) is 0.823. The molecular weight excluding hydrogens is 217 g/mol. The highest BCUT2D eigenvalue weighted by atomic mass is 35.5. The summed E-state index contributed by atoms with van der Waals surface area (Å²) in [7, 11) is 0. The first-order valence-electron chi connectivity index (χ1n) is 4.86. The van der Waals surface area contributed by atoms with Crippen molar-refractivity contribution in [2.24, 2.45) is 5.92 Å². The van der Waals surface area contributed by atoms with Gasteiger partial charge in [0.25, 0.3) is 0 Å². The maximum absolute atomic E-state index is 6.08. The van der Waals surface area contributed by atoms with Crippen LogP contribution in [-0.2, 0) is 0 Å². The molecule has 1 aliphatic rings. The van der Waals surface area contributed by atoms with E-state index < -0.39 is 0 Å². The molecule has 76 valence electrons. The largest absolute Gasteiger partial charge is 0.384 e. The summed E-state index contributed by atoms with van der Waals surface area (Å²) in [5.41, 5.74) is 1.97. The van der Waals surface area contributed by atoms with E-state index in [1.165, 1.54) is 12.8 Å². The standard InChI is InChI=1S/C11H13Cl2N/c1-7-4-10(13)11(5-9(7)12)14-6-8-2-3-8/h4-5,8,14H,2-3,6H2,1H3. The lowest BCUT2D eigenvalue weighted by Gasteiger charge is -2.09. The van der Waals surface area contributed by atoms with Gasteiger partial charge in [-0.25, -0.2) is 0 Å². The second-order valence-electron chi connectivity index (χ2n) is 3.91. The normalized spacial score (nSPS) is 15.6. The first kappa shape index (κ1) is 10.1. The summed E-state index contributed by atoms with van der Waals surface area (Å²) in [5, 5.41) is 4.85. The van der Waals surface area contributed by atoms with Crippen molar-refractivity contribution in [3.8, 4) is 0 Å². The molecule has 1 fully saturated rings. The number of nitrogens with one attached hydrogen (secondary N) is 1. The fourth-order valence-electron chi connectivity index (χ4n) is 1.36. The van der Waals surface area contributed by atoms with E-state index in [1.54, 1.807) is 0 Å². The zero-order valence-electron chi connectivity index (χ0n) is 8.11. The fourth-order valence-corrected chi connectivity index (χ4v) is 1.81. The van der Waals surface area contributed by atoms with Crippen molar-refractivity contribution in [2.75, 3.05) is 11.9 Å². The van der Waals surface area contributed by atoms with Crippen LogP contribution in [0.2, 0.25) is 10.0 Å². The topological polar surface area (TPSA) is 12.0 Å². The summed E-state index contributed by atoms with van der Waals surface area (Å²) < 4.78 is 0. The molecule has 0 amide bonds. The van der Waals surface area contributed by atoms with Crippen LogP contribution in [0.25, 0.3) is 0 Å². The molecule has 0 spiro atoms. The van der Waals surface area contributed by atoms with Crippen LogP contribution in [-0.4, -0.2) is 6.54 Å². The number of anilines is 1. The molecule has 2 rings (SSSR count). The number of aryl methyl sites for hydroxylation is 1. The van der Waals surface area contributed by atoms with E-state index in [2.05, 4.69) is 5.32 Å². The van der Waals surface area contributed by atoms with E-state index in [9.17, 15) is 0 Å². The Balaban J connectivity index is 2.10. The van der Waals surface area contributed by atoms with Gasteiger partial charge in [-0.05, 0) is 43.4 Å². The van der Waals surface area contributed by atoms with Crippen molar-refractivity contribution in [3.05, 3.63) is 27.7 Å². The molecule has 0 radical (unpaired) electrons. The average Bonchev–Trinajstić information content (AvgIpc) is 2.92. The van der Waals surface area contributed by atoms with Crippen molar-refractivity contribution >= 4 is 28.9 Å². The molecule has 1 aliphatic carbocycles. The highest BCUT2D eigenvalue weighted by Gasteiger charge is 2.20. The van der Waals surface area contributed by atoms with Crippen LogP contribution in [0, 0.1) is 12.8 Å². The van der Waals surface area contributed by atoms with Gasteiger partial charge in [-0.3, -0.25) is 0 Å². The minimum absolute atomic E-state index is 0.757. The molecule has 0 aromatic heterocycles. The van der Waals surface area contributed by atoms with Gasteiger partial charge in [0.15, 0.2) is 0 Å². The van der Waals surface area contributed by atoms with Crippen molar-refractivity contribution in [3.63, 3.8) is 0 Å². The van der Waals surface area contributed by atoms with Gasteiger partial charge < -0.3 is 5.32 Å². The van der Waals surface area contributed by atoms with Crippen LogP contribution in [0.3, 0.4) is 0 Å². The third-order valence-electron chi connectivity index (χ3n) is 2.53. The summed E-state index contributed by atoms with van der Waals surface area (Å²) in [6, 6.07) is 3.81. The molecular formula is C11H13Cl2N. The van der Waals surface area contributed by atoms with Gasteiger partial charge in [0, 0.05) is 11.6 Å². The van der Waals surface area contributed by atoms with Crippen LogP contribution >= 0.6 is 23.2 Å². The first-order valence-corrected chi connectivity index (χ1v) is 5.62. The minimum atomic E-state index is 0.757. The Morgan fingerprint density at radius 2 is 2.00 bits per heavy atom. The second kappa shape index (κ2) is 4.00. The minimum Gasteiger partial charge on any atom is -0.384 e. The second-order valence-corrected chi connectivity index (χ2v) is 4.72. The van der Waals surface area contributed by atoms with E-state index >= 15 is 0 Å². The van der Waals surface area contributed by atoms with Gasteiger partial charge in [-0.15, -0.1) is 0 Å². The highest BCUT2D eigenvalue weighted by molar-refractivity contribution is 6.35. The predicted octanol–water partition coefficient (Wildman–Crippen LogP) is 4.12. The van der Waals surface area contributed by atoms with Gasteiger partial charge in [0.05, 0.1) is 10.7 Å². The molecule has 0 aliphatic heterocycles. The molecule has 1 aromatic carbocycles. The molecule has 0 atom stereocenters. The van der Waals surface area contributed by atoms with Crippen LogP contribution in [0.5, 0.6) is 0 Å². The average molecular weight is 230 g/mol. The van der Waals surface area contributed by atoms with Crippen LogP contribution in [0.4, 0.5) is 5.69 Å². The maximum Gasteiger partial charge on any atom is 0.0641 e. The van der Waals surface area contributed by atoms with Gasteiger partial charge in [0.1, 0.15) is 0 Å². The van der Waals surface area contributed by atoms with Gasteiger partial charge in [0.2, 0.25) is 0 Å². The molecule has 0 heterocycles. The lowest BCUT2D eigenvalue weighted by molar-refractivity contribution is 0.889. The molecule has 1 N–H and O–H groups in total. The maximum atomic E-state index is 6.08. The van der Waals surface area contributed by atoms with E-state index in [4.69, 9.17) is 23.2 Å². The summed E-state index contributed by atoms with van der Waals surface area (Å²) in [5.74, 6) is 0.839. The lowest BCUT2D eigenvalue weighted by Crippen LogP contribution is -2.03. The molecule has 1 saturated carbocycles. The third-order valence-corrected chi connectivity index (χ3v) is 3.25. The lowest BCUT2D eigenvalue weighted by atomic mass is 10.2. The molecule has 0 saturated heterocycles. The Kier molecular flexibility index (Phi) is 2.89. The van der Waals surface area contributed by atoms with Crippen LogP contribution in [0.15, 0.2) is 12.1 Å². The Morgan fingerprint density at radius 1 is 1.29 bits per heavy atom.